The summed E-state index contributed by atoms with van der Waals surface area (Å²) in [5.74, 6) is 2.15. The van der Waals surface area contributed by atoms with Gasteiger partial charge in [0.2, 0.25) is 0 Å². The van der Waals surface area contributed by atoms with Crippen LogP contribution in [0, 0.1) is 0 Å². The van der Waals surface area contributed by atoms with E-state index in [4.69, 9.17) is 0 Å². The fourth-order valence-electron chi connectivity index (χ4n) is 2.39. The van der Waals surface area contributed by atoms with E-state index in [-0.39, 0.29) is 0 Å². The molecule has 2 heteroatoms. The fourth-order valence-corrected chi connectivity index (χ4v) is 2.39. The van der Waals surface area contributed by atoms with Gasteiger partial charge in [0.05, 0.1) is 0 Å². The zero-order valence-corrected chi connectivity index (χ0v) is 5.83. The summed E-state index contributed by atoms with van der Waals surface area (Å²) < 4.78 is 2.36. The number of nitrogens with zero attached hydrogens (tertiary/aromatic N) is 2. The van der Waals surface area contributed by atoms with Crippen LogP contribution in [-0.4, -0.2) is 9.55 Å². The summed E-state index contributed by atoms with van der Waals surface area (Å²) in [6.07, 6.45) is 8.18. The molecule has 0 saturated heterocycles. The minimum Gasteiger partial charge on any atom is -0.332 e. The standard InChI is InChI=1S/C8H10N2/c1-2-7-5-6(1)8-9-3-4-10(7)8/h3-4,6-7H,1-2,5H2/t6-,7?/m1/s1. The minimum absolute atomic E-state index is 0.806. The predicted molar refractivity (Wildman–Crippen MR) is 37.9 cm³/mol. The Morgan fingerprint density at radius 2 is 2.50 bits per heavy atom. The van der Waals surface area contributed by atoms with Gasteiger partial charge in [-0.2, -0.15) is 0 Å². The highest BCUT2D eigenvalue weighted by Crippen LogP contribution is 2.47. The van der Waals surface area contributed by atoms with Crippen LogP contribution in [0.1, 0.15) is 37.0 Å². The molecule has 0 radical (unpaired) electrons. The van der Waals surface area contributed by atoms with Crippen molar-refractivity contribution in [2.24, 2.45) is 0 Å². The van der Waals surface area contributed by atoms with E-state index in [0.717, 1.165) is 12.0 Å². The van der Waals surface area contributed by atoms with Gasteiger partial charge in [0.15, 0.2) is 0 Å². The maximum absolute atomic E-state index is 4.34. The number of fused-ring (bicyclic) bond motifs is 5. The van der Waals surface area contributed by atoms with Gasteiger partial charge in [-0.15, -0.1) is 0 Å². The Morgan fingerprint density at radius 3 is 3.40 bits per heavy atom. The Balaban J connectivity index is 2.25. The molecule has 3 rings (SSSR count). The van der Waals surface area contributed by atoms with Crippen molar-refractivity contribution in [1.29, 1.82) is 0 Å². The first-order valence-electron chi connectivity index (χ1n) is 3.98. The second-order valence-electron chi connectivity index (χ2n) is 3.36. The maximum atomic E-state index is 4.34. The first-order valence-corrected chi connectivity index (χ1v) is 3.98. The Bertz CT molecular complexity index is 239. The molecule has 52 valence electrons. The highest BCUT2D eigenvalue weighted by atomic mass is 15.1. The van der Waals surface area contributed by atoms with Gasteiger partial charge in [-0.3, -0.25) is 0 Å². The van der Waals surface area contributed by atoms with Crippen LogP contribution in [0.5, 0.6) is 0 Å². The SMILES string of the molecule is c1cn2c(n1)[C@@H]1CCC2C1. The summed E-state index contributed by atoms with van der Waals surface area (Å²) in [4.78, 5) is 4.34. The molecule has 0 spiro atoms. The first-order chi connectivity index (χ1) is 4.95. The topological polar surface area (TPSA) is 17.8 Å². The van der Waals surface area contributed by atoms with E-state index < -0.39 is 0 Å². The lowest BCUT2D eigenvalue weighted by atomic mass is 10.1. The Labute approximate surface area is 59.9 Å². The van der Waals surface area contributed by atoms with Crippen LogP contribution in [0.25, 0.3) is 0 Å². The van der Waals surface area contributed by atoms with Crippen molar-refractivity contribution >= 4 is 0 Å². The smallest absolute Gasteiger partial charge is 0.112 e. The molecule has 1 saturated carbocycles. The van der Waals surface area contributed by atoms with Crippen molar-refractivity contribution in [3.63, 3.8) is 0 Å². The molecule has 0 aromatic carbocycles. The molecule has 1 aromatic heterocycles. The van der Waals surface area contributed by atoms with Crippen molar-refractivity contribution in [3.05, 3.63) is 18.2 Å². The molecule has 1 unspecified atom stereocenters. The lowest BCUT2D eigenvalue weighted by Crippen LogP contribution is -2.04. The highest BCUT2D eigenvalue weighted by molar-refractivity contribution is 5.13. The zero-order chi connectivity index (χ0) is 6.55. The number of rotatable bonds is 0. The van der Waals surface area contributed by atoms with E-state index in [0.29, 0.717) is 0 Å². The average molecular weight is 134 g/mol. The number of hydrogen-bond donors (Lipinski definition) is 0. The van der Waals surface area contributed by atoms with Crippen molar-refractivity contribution in [2.45, 2.75) is 31.2 Å². The largest absolute Gasteiger partial charge is 0.332 e. The van der Waals surface area contributed by atoms with Crippen LogP contribution >= 0.6 is 0 Å². The van der Waals surface area contributed by atoms with Crippen LogP contribution in [0.3, 0.4) is 0 Å². The number of aromatic nitrogens is 2. The Morgan fingerprint density at radius 1 is 1.50 bits per heavy atom. The van der Waals surface area contributed by atoms with E-state index >= 15 is 0 Å². The second kappa shape index (κ2) is 1.44. The fraction of sp³-hybridized carbons (Fsp3) is 0.625. The Kier molecular flexibility index (Phi) is 0.712. The van der Waals surface area contributed by atoms with E-state index in [1.54, 1.807) is 0 Å². The second-order valence-corrected chi connectivity index (χ2v) is 3.36. The van der Waals surface area contributed by atoms with Gasteiger partial charge in [-0.25, -0.2) is 4.98 Å². The van der Waals surface area contributed by atoms with Crippen LogP contribution in [-0.2, 0) is 0 Å². The molecular weight excluding hydrogens is 124 g/mol. The van der Waals surface area contributed by atoms with Crippen LogP contribution in [0.4, 0.5) is 0 Å². The summed E-state index contributed by atoms with van der Waals surface area (Å²) in [5.41, 5.74) is 0. The van der Waals surface area contributed by atoms with Gasteiger partial charge in [-0.05, 0) is 19.3 Å². The van der Waals surface area contributed by atoms with Gasteiger partial charge in [0.1, 0.15) is 5.82 Å². The molecule has 0 amide bonds. The molecule has 0 N–H and O–H groups in total. The third-order valence-corrected chi connectivity index (χ3v) is 2.86. The molecule has 1 aliphatic heterocycles. The van der Waals surface area contributed by atoms with Crippen molar-refractivity contribution in [3.8, 4) is 0 Å². The van der Waals surface area contributed by atoms with Gasteiger partial charge in [-0.1, -0.05) is 0 Å². The molecule has 10 heavy (non-hydrogen) atoms. The predicted octanol–water partition coefficient (Wildman–Crippen LogP) is 1.71. The third kappa shape index (κ3) is 0.405. The van der Waals surface area contributed by atoms with Gasteiger partial charge < -0.3 is 4.57 Å². The maximum Gasteiger partial charge on any atom is 0.112 e. The average Bonchev–Trinajstić information content (AvgIpc) is 2.60. The van der Waals surface area contributed by atoms with Gasteiger partial charge >= 0.3 is 0 Å². The summed E-state index contributed by atoms with van der Waals surface area (Å²) in [6, 6.07) is 0.808. The summed E-state index contributed by atoms with van der Waals surface area (Å²) in [6.45, 7) is 0. The molecule has 2 aliphatic rings. The van der Waals surface area contributed by atoms with Crippen molar-refractivity contribution in [1.82, 2.24) is 9.55 Å². The quantitative estimate of drug-likeness (QED) is 0.528. The molecular formula is C8H10N2. The van der Waals surface area contributed by atoms with Crippen LogP contribution in [0.2, 0.25) is 0 Å². The summed E-state index contributed by atoms with van der Waals surface area (Å²) in [5, 5.41) is 0. The highest BCUT2D eigenvalue weighted by Gasteiger charge is 2.37. The zero-order valence-electron chi connectivity index (χ0n) is 5.83. The normalized spacial score (nSPS) is 34.8. The number of imidazole rings is 1. The van der Waals surface area contributed by atoms with Crippen molar-refractivity contribution in [2.75, 3.05) is 0 Å². The van der Waals surface area contributed by atoms with Crippen molar-refractivity contribution < 1.29 is 0 Å². The monoisotopic (exact) mass is 134 g/mol. The van der Waals surface area contributed by atoms with E-state index in [9.17, 15) is 0 Å². The molecule has 1 aliphatic carbocycles. The summed E-state index contributed by atoms with van der Waals surface area (Å²) >= 11 is 0. The molecule has 2 atom stereocenters. The first kappa shape index (κ1) is 4.94. The molecule has 1 aromatic rings. The van der Waals surface area contributed by atoms with Gasteiger partial charge in [0.25, 0.3) is 0 Å². The minimum atomic E-state index is 0.806. The van der Waals surface area contributed by atoms with E-state index in [1.807, 2.05) is 6.20 Å². The molecule has 2 bridgehead atoms. The third-order valence-electron chi connectivity index (χ3n) is 2.86. The molecule has 2 nitrogen and oxygen atoms in total. The van der Waals surface area contributed by atoms with E-state index in [1.165, 1.54) is 25.1 Å². The lowest BCUT2D eigenvalue weighted by Gasteiger charge is -2.11. The number of hydrogen-bond acceptors (Lipinski definition) is 1. The summed E-state index contributed by atoms with van der Waals surface area (Å²) in [7, 11) is 0. The lowest BCUT2D eigenvalue weighted by molar-refractivity contribution is 0.526. The Hall–Kier alpha value is -0.790. The van der Waals surface area contributed by atoms with Crippen LogP contribution < -0.4 is 0 Å². The van der Waals surface area contributed by atoms with Gasteiger partial charge in [0, 0.05) is 24.4 Å². The van der Waals surface area contributed by atoms with E-state index in [2.05, 4.69) is 15.7 Å². The molecule has 2 heterocycles. The van der Waals surface area contributed by atoms with Crippen LogP contribution in [0.15, 0.2) is 12.4 Å². The molecule has 1 fully saturated rings.